The van der Waals surface area contributed by atoms with Crippen LogP contribution in [-0.4, -0.2) is 59.1 Å². The smallest absolute Gasteiger partial charge is 0.254 e. The number of benzene rings is 3. The molecule has 1 fully saturated rings. The highest BCUT2D eigenvalue weighted by atomic mass is 32.2. The van der Waals surface area contributed by atoms with Crippen molar-refractivity contribution in [2.45, 2.75) is 11.3 Å². The first-order chi connectivity index (χ1) is 16.9. The minimum atomic E-state index is -3.89. The average molecular weight is 498 g/mol. The van der Waals surface area contributed by atoms with E-state index in [1.54, 1.807) is 23.1 Å². The van der Waals surface area contributed by atoms with E-state index in [4.69, 9.17) is 4.74 Å². The van der Waals surface area contributed by atoms with Crippen molar-refractivity contribution in [3.63, 3.8) is 0 Å². The van der Waals surface area contributed by atoms with Crippen LogP contribution in [-0.2, 0) is 16.4 Å². The molecule has 0 aliphatic carbocycles. The van der Waals surface area contributed by atoms with Crippen LogP contribution in [0.3, 0.4) is 0 Å². The Hall–Kier alpha value is -3.43. The van der Waals surface area contributed by atoms with Crippen molar-refractivity contribution in [1.29, 1.82) is 0 Å². The summed E-state index contributed by atoms with van der Waals surface area (Å²) in [5.74, 6) is -0.357. The first kappa shape index (κ1) is 24.7. The van der Waals surface area contributed by atoms with Crippen LogP contribution in [0, 0.1) is 5.82 Å². The second kappa shape index (κ2) is 10.9. The lowest BCUT2D eigenvalue weighted by atomic mass is 10.1. The quantitative estimate of drug-likeness (QED) is 0.517. The Morgan fingerprint density at radius 3 is 2.31 bits per heavy atom. The van der Waals surface area contributed by atoms with Gasteiger partial charge >= 0.3 is 0 Å². The van der Waals surface area contributed by atoms with Crippen molar-refractivity contribution in [3.8, 4) is 5.75 Å². The fourth-order valence-corrected chi connectivity index (χ4v) is 5.30. The van der Waals surface area contributed by atoms with Gasteiger partial charge in [0.15, 0.2) is 0 Å². The van der Waals surface area contributed by atoms with Crippen molar-refractivity contribution < 1.29 is 22.3 Å². The molecule has 1 aliphatic rings. The molecule has 1 heterocycles. The van der Waals surface area contributed by atoms with Gasteiger partial charge in [0.25, 0.3) is 5.91 Å². The largest absolute Gasteiger partial charge is 0.495 e. The summed E-state index contributed by atoms with van der Waals surface area (Å²) in [5.41, 5.74) is 2.20. The second-order valence-corrected chi connectivity index (χ2v) is 9.99. The number of piperazine rings is 1. The van der Waals surface area contributed by atoms with Gasteiger partial charge in [-0.05, 0) is 54.4 Å². The highest BCUT2D eigenvalue weighted by molar-refractivity contribution is 7.89. The van der Waals surface area contributed by atoms with Crippen LogP contribution >= 0.6 is 0 Å². The minimum absolute atomic E-state index is 0.0659. The van der Waals surface area contributed by atoms with E-state index in [9.17, 15) is 17.6 Å². The van der Waals surface area contributed by atoms with Gasteiger partial charge in [-0.3, -0.25) is 4.79 Å². The third-order valence-corrected chi connectivity index (χ3v) is 7.49. The molecule has 0 atom stereocenters. The monoisotopic (exact) mass is 497 g/mol. The standard InChI is InChI=1S/C26H28FN3O4S/c1-34-24-12-7-21(19-25(24)35(32,33)28-14-13-20-5-3-2-4-6-20)26(31)30-17-15-29(16-18-30)23-10-8-22(27)9-11-23/h2-12,19,28H,13-18H2,1H3. The number of sulfonamides is 1. The molecule has 184 valence electrons. The first-order valence-corrected chi connectivity index (χ1v) is 12.9. The predicted molar refractivity (Wildman–Crippen MR) is 133 cm³/mol. The second-order valence-electron chi connectivity index (χ2n) is 8.25. The average Bonchev–Trinajstić information content (AvgIpc) is 2.89. The van der Waals surface area contributed by atoms with Crippen LogP contribution in [0.5, 0.6) is 5.75 Å². The first-order valence-electron chi connectivity index (χ1n) is 11.4. The summed E-state index contributed by atoms with van der Waals surface area (Å²) in [6.07, 6.45) is 0.541. The van der Waals surface area contributed by atoms with Gasteiger partial charge in [0.2, 0.25) is 10.0 Å². The van der Waals surface area contributed by atoms with Crippen molar-refractivity contribution in [2.75, 3.05) is 44.7 Å². The van der Waals surface area contributed by atoms with Gasteiger partial charge in [-0.2, -0.15) is 0 Å². The zero-order valence-corrected chi connectivity index (χ0v) is 20.3. The van der Waals surface area contributed by atoms with E-state index in [0.29, 0.717) is 32.6 Å². The molecular weight excluding hydrogens is 469 g/mol. The van der Waals surface area contributed by atoms with Crippen molar-refractivity contribution in [3.05, 3.63) is 89.7 Å². The molecule has 4 rings (SSSR count). The molecule has 1 amide bonds. The number of nitrogens with one attached hydrogen (secondary N) is 1. The van der Waals surface area contributed by atoms with Gasteiger partial charge in [-0.1, -0.05) is 30.3 Å². The van der Waals surface area contributed by atoms with Gasteiger partial charge in [-0.25, -0.2) is 17.5 Å². The van der Waals surface area contributed by atoms with E-state index < -0.39 is 10.0 Å². The molecule has 0 unspecified atom stereocenters. The maximum atomic E-state index is 13.2. The maximum Gasteiger partial charge on any atom is 0.254 e. The van der Waals surface area contributed by atoms with Crippen molar-refractivity contribution >= 4 is 21.6 Å². The SMILES string of the molecule is COc1ccc(C(=O)N2CCN(c3ccc(F)cc3)CC2)cc1S(=O)(=O)NCCc1ccccc1. The Morgan fingerprint density at radius 1 is 0.971 bits per heavy atom. The van der Waals surface area contributed by atoms with Crippen molar-refractivity contribution in [1.82, 2.24) is 9.62 Å². The molecule has 1 saturated heterocycles. The van der Waals surface area contributed by atoms with E-state index in [1.807, 2.05) is 30.3 Å². The van der Waals surface area contributed by atoms with Crippen LogP contribution in [0.1, 0.15) is 15.9 Å². The minimum Gasteiger partial charge on any atom is -0.495 e. The lowest BCUT2D eigenvalue weighted by molar-refractivity contribution is 0.0746. The maximum absolute atomic E-state index is 13.2. The topological polar surface area (TPSA) is 79.0 Å². The summed E-state index contributed by atoms with van der Waals surface area (Å²) in [5, 5.41) is 0. The highest BCUT2D eigenvalue weighted by Crippen LogP contribution is 2.26. The number of methoxy groups -OCH3 is 1. The van der Waals surface area contributed by atoms with E-state index in [1.165, 1.54) is 31.4 Å². The summed E-state index contributed by atoms with van der Waals surface area (Å²) < 4.78 is 47.1. The molecule has 0 saturated carbocycles. The van der Waals surface area contributed by atoms with Crippen LogP contribution < -0.4 is 14.4 Å². The summed E-state index contributed by atoms with van der Waals surface area (Å²) in [6.45, 7) is 2.36. The third kappa shape index (κ3) is 5.98. The predicted octanol–water partition coefficient (Wildman–Crippen LogP) is 3.32. The number of amides is 1. The normalized spacial score (nSPS) is 14.1. The van der Waals surface area contributed by atoms with Crippen LogP contribution in [0.25, 0.3) is 0 Å². The Balaban J connectivity index is 1.43. The zero-order valence-electron chi connectivity index (χ0n) is 19.5. The highest BCUT2D eigenvalue weighted by Gasteiger charge is 2.26. The number of halogens is 1. The van der Waals surface area contributed by atoms with E-state index >= 15 is 0 Å². The van der Waals surface area contributed by atoms with Gasteiger partial charge in [0, 0.05) is 44.0 Å². The van der Waals surface area contributed by atoms with Gasteiger partial charge in [0.1, 0.15) is 16.5 Å². The number of nitrogens with zero attached hydrogens (tertiary/aromatic N) is 2. The molecular formula is C26H28FN3O4S. The summed E-state index contributed by atoms with van der Waals surface area (Å²) >= 11 is 0. The summed E-state index contributed by atoms with van der Waals surface area (Å²) in [4.78, 5) is 16.9. The number of anilines is 1. The fraction of sp³-hybridized carbons (Fsp3) is 0.269. The number of carbonyl (C=O) groups is 1. The van der Waals surface area contributed by atoms with E-state index in [2.05, 4.69) is 9.62 Å². The van der Waals surface area contributed by atoms with Crippen LogP contribution in [0.2, 0.25) is 0 Å². The molecule has 0 spiro atoms. The Kier molecular flexibility index (Phi) is 7.67. The van der Waals surface area contributed by atoms with Gasteiger partial charge in [0.05, 0.1) is 7.11 Å². The molecule has 1 N–H and O–H groups in total. The Morgan fingerprint density at radius 2 is 1.66 bits per heavy atom. The van der Waals surface area contributed by atoms with E-state index in [0.717, 1.165) is 11.3 Å². The molecule has 0 radical (unpaired) electrons. The van der Waals surface area contributed by atoms with E-state index in [-0.39, 0.29) is 34.5 Å². The number of ether oxygens (including phenoxy) is 1. The molecule has 1 aliphatic heterocycles. The molecule has 3 aromatic rings. The van der Waals surface area contributed by atoms with Gasteiger partial charge in [-0.15, -0.1) is 0 Å². The lowest BCUT2D eigenvalue weighted by Crippen LogP contribution is -2.48. The molecule has 0 bridgehead atoms. The van der Waals surface area contributed by atoms with Crippen LogP contribution in [0.4, 0.5) is 10.1 Å². The summed E-state index contributed by atoms with van der Waals surface area (Å²) in [7, 11) is -2.50. The number of rotatable bonds is 8. The molecule has 3 aromatic carbocycles. The molecule has 0 aromatic heterocycles. The zero-order chi connectivity index (χ0) is 24.8. The number of hydrogen-bond donors (Lipinski definition) is 1. The van der Waals surface area contributed by atoms with Crippen LogP contribution in [0.15, 0.2) is 77.7 Å². The fourth-order valence-electron chi connectivity index (χ4n) is 4.07. The molecule has 7 nitrogen and oxygen atoms in total. The number of carbonyl (C=O) groups excluding carboxylic acids is 1. The molecule has 35 heavy (non-hydrogen) atoms. The number of hydrogen-bond acceptors (Lipinski definition) is 5. The lowest BCUT2D eigenvalue weighted by Gasteiger charge is -2.36. The van der Waals surface area contributed by atoms with Gasteiger partial charge < -0.3 is 14.5 Å². The molecule has 9 heteroatoms. The van der Waals surface area contributed by atoms with Crippen molar-refractivity contribution in [2.24, 2.45) is 0 Å². The summed E-state index contributed by atoms with van der Waals surface area (Å²) in [6, 6.07) is 20.3. The Bertz CT molecular complexity index is 1260. The third-order valence-electron chi connectivity index (χ3n) is 6.01. The Labute approximate surface area is 205 Å².